The van der Waals surface area contributed by atoms with Gasteiger partial charge >= 0.3 is 0 Å². The monoisotopic (exact) mass is 420 g/mol. The first-order valence-electron chi connectivity index (χ1n) is 8.43. The van der Waals surface area contributed by atoms with Gasteiger partial charge in [0.2, 0.25) is 5.16 Å². The Morgan fingerprint density at radius 1 is 1.04 bits per heavy atom. The molecule has 0 fully saturated rings. The third kappa shape index (κ3) is 5.57. The molecule has 3 rings (SSSR count). The molecule has 0 aliphatic heterocycles. The van der Waals surface area contributed by atoms with Crippen molar-refractivity contribution in [1.29, 1.82) is 0 Å². The van der Waals surface area contributed by atoms with E-state index in [0.717, 1.165) is 27.8 Å². The van der Waals surface area contributed by atoms with Gasteiger partial charge in [-0.25, -0.2) is 4.68 Å². The average Bonchev–Trinajstić information content (AvgIpc) is 2.99. The third-order valence-corrected chi connectivity index (χ3v) is 6.29. The van der Waals surface area contributed by atoms with Crippen LogP contribution in [0.1, 0.15) is 17.0 Å². The largest absolute Gasteiger partial charge is 0.485 e. The predicted octanol–water partition coefficient (Wildman–Crippen LogP) is 4.73. The summed E-state index contributed by atoms with van der Waals surface area (Å²) in [6.07, 6.45) is 0. The Balaban J connectivity index is 1.48. The molecule has 0 bridgehead atoms. The Morgan fingerprint density at radius 3 is 2.52 bits per heavy atom. The topological polar surface area (TPSA) is 66.0 Å². The van der Waals surface area contributed by atoms with Gasteiger partial charge in [0, 0.05) is 21.4 Å². The fourth-order valence-corrected chi connectivity index (χ4v) is 4.31. The summed E-state index contributed by atoms with van der Waals surface area (Å²) >= 11 is 9.25. The van der Waals surface area contributed by atoms with Gasteiger partial charge in [-0.3, -0.25) is 0 Å². The summed E-state index contributed by atoms with van der Waals surface area (Å²) in [7, 11) is 0. The van der Waals surface area contributed by atoms with Crippen LogP contribution in [0, 0.1) is 13.8 Å². The average molecular weight is 421 g/mol. The maximum absolute atomic E-state index is 6.11. The van der Waals surface area contributed by atoms with Crippen LogP contribution in [0.4, 0.5) is 0 Å². The van der Waals surface area contributed by atoms with Crippen LogP contribution in [0.15, 0.2) is 52.5 Å². The number of benzene rings is 2. The van der Waals surface area contributed by atoms with E-state index in [9.17, 15) is 0 Å². The van der Waals surface area contributed by atoms with E-state index in [4.69, 9.17) is 22.2 Å². The lowest BCUT2D eigenvalue weighted by atomic mass is 10.1. The highest BCUT2D eigenvalue weighted by Crippen LogP contribution is 2.24. The number of aromatic nitrogens is 3. The highest BCUT2D eigenvalue weighted by atomic mass is 35.5. The van der Waals surface area contributed by atoms with Crippen molar-refractivity contribution in [3.8, 4) is 5.75 Å². The van der Waals surface area contributed by atoms with Crippen LogP contribution in [0.2, 0.25) is 5.02 Å². The maximum atomic E-state index is 6.11. The molecule has 0 unspecified atom stereocenters. The number of nitrogen functional groups attached to an aromatic ring is 1. The van der Waals surface area contributed by atoms with Gasteiger partial charge < -0.3 is 10.6 Å². The molecule has 0 spiro atoms. The van der Waals surface area contributed by atoms with Crippen LogP contribution in [0.25, 0.3) is 0 Å². The molecule has 0 saturated heterocycles. The number of thioether (sulfide) groups is 2. The van der Waals surface area contributed by atoms with Gasteiger partial charge in [-0.15, -0.1) is 22.0 Å². The lowest BCUT2D eigenvalue weighted by molar-refractivity contribution is 0.289. The second-order valence-corrected chi connectivity index (χ2v) is 8.64. The molecule has 142 valence electrons. The fourth-order valence-electron chi connectivity index (χ4n) is 2.43. The quantitative estimate of drug-likeness (QED) is 0.323. The Kier molecular flexibility index (Phi) is 6.93. The SMILES string of the molecule is Cc1ccc(OCc2nnc(SCCSc3ccc(Cl)cc3)n2N)c(C)c1. The van der Waals surface area contributed by atoms with Crippen molar-refractivity contribution >= 4 is 35.1 Å². The minimum absolute atomic E-state index is 0.285. The van der Waals surface area contributed by atoms with E-state index >= 15 is 0 Å². The highest BCUT2D eigenvalue weighted by molar-refractivity contribution is 8.02. The van der Waals surface area contributed by atoms with Crippen molar-refractivity contribution in [2.45, 2.75) is 30.5 Å². The summed E-state index contributed by atoms with van der Waals surface area (Å²) in [5, 5.41) is 9.75. The summed E-state index contributed by atoms with van der Waals surface area (Å²) in [5.41, 5.74) is 2.30. The Bertz CT molecular complexity index is 899. The van der Waals surface area contributed by atoms with Gasteiger partial charge in [0.25, 0.3) is 0 Å². The molecule has 1 aromatic heterocycles. The number of hydrogen-bond acceptors (Lipinski definition) is 6. The third-order valence-electron chi connectivity index (χ3n) is 3.82. The summed E-state index contributed by atoms with van der Waals surface area (Å²) in [6, 6.07) is 13.9. The van der Waals surface area contributed by atoms with Gasteiger partial charge in [-0.2, -0.15) is 0 Å². The van der Waals surface area contributed by atoms with Crippen LogP contribution in [-0.2, 0) is 6.61 Å². The zero-order chi connectivity index (χ0) is 19.2. The number of halogens is 1. The molecule has 0 atom stereocenters. The van der Waals surface area contributed by atoms with E-state index in [1.807, 2.05) is 43.3 Å². The smallest absolute Gasteiger partial charge is 0.209 e. The first-order chi connectivity index (χ1) is 13.0. The fraction of sp³-hybridized carbons (Fsp3) is 0.263. The zero-order valence-electron chi connectivity index (χ0n) is 15.2. The lowest BCUT2D eigenvalue weighted by Crippen LogP contribution is -2.16. The molecule has 2 N–H and O–H groups in total. The van der Waals surface area contributed by atoms with Crippen LogP contribution < -0.4 is 10.6 Å². The van der Waals surface area contributed by atoms with E-state index in [-0.39, 0.29) is 6.61 Å². The Labute approximate surface area is 172 Å². The molecule has 0 aliphatic rings. The molecule has 0 saturated carbocycles. The van der Waals surface area contributed by atoms with Crippen molar-refractivity contribution in [3.05, 3.63) is 64.4 Å². The standard InChI is InChI=1S/C19H21ClN4OS2/c1-13-3-8-17(14(2)11-13)25-12-18-22-23-19(24(18)21)27-10-9-26-16-6-4-15(20)5-7-16/h3-8,11H,9-10,12,21H2,1-2H3. The number of nitrogens with zero attached hydrogens (tertiary/aromatic N) is 3. The van der Waals surface area contributed by atoms with Gasteiger partial charge in [-0.05, 0) is 49.7 Å². The van der Waals surface area contributed by atoms with Gasteiger partial charge in [0.1, 0.15) is 12.4 Å². The Hall–Kier alpha value is -1.83. The van der Waals surface area contributed by atoms with E-state index in [1.54, 1.807) is 23.5 Å². The first kappa shape index (κ1) is 19.9. The summed E-state index contributed by atoms with van der Waals surface area (Å²) in [6.45, 7) is 4.37. The van der Waals surface area contributed by atoms with E-state index in [0.29, 0.717) is 11.0 Å². The molecular formula is C19H21ClN4OS2. The number of nitrogens with two attached hydrogens (primary N) is 1. The molecular weight excluding hydrogens is 400 g/mol. The molecule has 0 radical (unpaired) electrons. The second kappa shape index (κ2) is 9.39. The Morgan fingerprint density at radius 2 is 1.78 bits per heavy atom. The van der Waals surface area contributed by atoms with Crippen LogP contribution in [0.3, 0.4) is 0 Å². The van der Waals surface area contributed by atoms with Crippen molar-refractivity contribution in [2.75, 3.05) is 17.3 Å². The van der Waals surface area contributed by atoms with Gasteiger partial charge in [0.05, 0.1) is 0 Å². The van der Waals surface area contributed by atoms with E-state index in [2.05, 4.69) is 23.2 Å². The second-order valence-electron chi connectivity index (χ2n) is 5.98. The van der Waals surface area contributed by atoms with Crippen molar-refractivity contribution < 1.29 is 4.74 Å². The minimum atomic E-state index is 0.285. The maximum Gasteiger partial charge on any atom is 0.209 e. The molecule has 3 aromatic rings. The van der Waals surface area contributed by atoms with Crippen LogP contribution in [0.5, 0.6) is 5.75 Å². The zero-order valence-corrected chi connectivity index (χ0v) is 17.6. The normalized spacial score (nSPS) is 10.9. The molecule has 1 heterocycles. The molecule has 0 aliphatic carbocycles. The highest BCUT2D eigenvalue weighted by Gasteiger charge is 2.11. The number of aryl methyl sites for hydroxylation is 2. The first-order valence-corrected chi connectivity index (χ1v) is 10.8. The molecule has 0 amide bonds. The molecule has 8 heteroatoms. The van der Waals surface area contributed by atoms with E-state index in [1.165, 1.54) is 15.1 Å². The molecule has 5 nitrogen and oxygen atoms in total. The lowest BCUT2D eigenvalue weighted by Gasteiger charge is -2.09. The number of rotatable bonds is 8. The summed E-state index contributed by atoms with van der Waals surface area (Å²) in [4.78, 5) is 1.19. The molecule has 27 heavy (non-hydrogen) atoms. The minimum Gasteiger partial charge on any atom is -0.485 e. The number of ether oxygens (including phenoxy) is 1. The molecule has 2 aromatic carbocycles. The van der Waals surface area contributed by atoms with E-state index < -0.39 is 0 Å². The van der Waals surface area contributed by atoms with Gasteiger partial charge in [0.15, 0.2) is 5.82 Å². The van der Waals surface area contributed by atoms with Crippen LogP contribution in [-0.4, -0.2) is 26.4 Å². The number of hydrogen-bond donors (Lipinski definition) is 1. The van der Waals surface area contributed by atoms with Gasteiger partial charge in [-0.1, -0.05) is 41.1 Å². The van der Waals surface area contributed by atoms with Crippen molar-refractivity contribution in [3.63, 3.8) is 0 Å². The van der Waals surface area contributed by atoms with Crippen molar-refractivity contribution in [2.24, 2.45) is 0 Å². The van der Waals surface area contributed by atoms with Crippen LogP contribution >= 0.6 is 35.1 Å². The predicted molar refractivity (Wildman–Crippen MR) is 113 cm³/mol. The summed E-state index contributed by atoms with van der Waals surface area (Å²) < 4.78 is 7.34. The van der Waals surface area contributed by atoms with Crippen molar-refractivity contribution in [1.82, 2.24) is 14.9 Å². The summed E-state index contributed by atoms with van der Waals surface area (Å²) in [5.74, 6) is 9.35.